The average molecular weight is 743 g/mol. The van der Waals surface area contributed by atoms with Crippen molar-refractivity contribution in [3.8, 4) is 0 Å². The maximum atomic E-state index is 7.40. The van der Waals surface area contributed by atoms with Crippen LogP contribution in [0.15, 0.2) is 10.2 Å². The van der Waals surface area contributed by atoms with Crippen LogP contribution in [0.3, 0.4) is 0 Å². The third kappa shape index (κ3) is 9.22. The van der Waals surface area contributed by atoms with Crippen LogP contribution in [0.5, 0.6) is 0 Å². The first-order chi connectivity index (χ1) is 18.4. The van der Waals surface area contributed by atoms with Crippen LogP contribution in [-0.4, -0.2) is 81.4 Å². The monoisotopic (exact) mass is 742 g/mol. The topological polar surface area (TPSA) is 55.4 Å². The zero-order valence-electron chi connectivity index (χ0n) is 29.1. The van der Waals surface area contributed by atoms with Crippen molar-refractivity contribution in [1.82, 2.24) is 0 Å². The Labute approximate surface area is 269 Å². The molecule has 2 rings (SSSR count). The summed E-state index contributed by atoms with van der Waals surface area (Å²) in [6.07, 6.45) is 2.56. The molecule has 0 aliphatic carbocycles. The zero-order chi connectivity index (χ0) is 31.8. The van der Waals surface area contributed by atoms with E-state index in [9.17, 15) is 0 Å². The predicted molar refractivity (Wildman–Crippen MR) is 188 cm³/mol. The van der Waals surface area contributed by atoms with Crippen LogP contribution in [-0.2, 0) is 27.5 Å². The lowest BCUT2D eigenvalue weighted by molar-refractivity contribution is -0.269. The van der Waals surface area contributed by atoms with Crippen molar-refractivity contribution in [1.29, 1.82) is 0 Å². The molecule has 10 heteroatoms. The molecule has 2 aliphatic heterocycles. The summed E-state index contributed by atoms with van der Waals surface area (Å²) in [6, 6.07) is 0. The fourth-order valence-electron chi connectivity index (χ4n) is 4.66. The van der Waals surface area contributed by atoms with Crippen molar-refractivity contribution < 1.29 is 27.5 Å². The molecule has 0 radical (unpaired) electrons. The molecule has 7 atom stereocenters. The summed E-state index contributed by atoms with van der Waals surface area (Å²) in [4.78, 5) is 0. The molecule has 41 heavy (non-hydrogen) atoms. The van der Waals surface area contributed by atoms with Crippen LogP contribution in [0.25, 0.3) is 0 Å². The molecule has 0 aromatic heterocycles. The fourth-order valence-corrected chi connectivity index (χ4v) is 8.92. The summed E-state index contributed by atoms with van der Waals surface area (Å²) >= 11 is 2.31. The second-order valence-electron chi connectivity index (χ2n) is 16.7. The highest BCUT2D eigenvalue weighted by Gasteiger charge is 2.57. The van der Waals surface area contributed by atoms with E-state index in [1.54, 1.807) is 7.11 Å². The van der Waals surface area contributed by atoms with Crippen LogP contribution in [0.2, 0.25) is 54.4 Å². The van der Waals surface area contributed by atoms with Crippen molar-refractivity contribution in [2.45, 2.75) is 172 Å². The van der Waals surface area contributed by atoms with Gasteiger partial charge in [0.15, 0.2) is 25.0 Å². The number of fused-ring (bicyclic) bond motifs is 1. The van der Waals surface area contributed by atoms with Gasteiger partial charge >= 0.3 is 0 Å². The van der Waals surface area contributed by atoms with Crippen LogP contribution in [0.1, 0.15) is 75.2 Å². The molecule has 2 fully saturated rings. The van der Waals surface area contributed by atoms with E-state index in [0.717, 1.165) is 12.8 Å². The second kappa shape index (κ2) is 13.7. The SMILES string of the molecule is COC[C@H]1CCC2O[C@@H]([C@H](/C=C/I)O[Si](C)(C)C(C)(C)C)[C@@H](O[Si](C)(C)C(C)(C)C)[C@@H](O[Si](C)(C)C(C)(C)C)[C@H]2O1. The van der Waals surface area contributed by atoms with Crippen LogP contribution >= 0.6 is 22.6 Å². The van der Waals surface area contributed by atoms with E-state index in [0.29, 0.717) is 6.61 Å². The van der Waals surface area contributed by atoms with E-state index < -0.39 is 25.0 Å². The first kappa shape index (κ1) is 38.1. The van der Waals surface area contributed by atoms with Gasteiger partial charge in [0.05, 0.1) is 24.9 Å². The lowest BCUT2D eigenvalue weighted by atomic mass is 9.88. The summed E-state index contributed by atoms with van der Waals surface area (Å²) in [7, 11) is -4.85. The number of halogens is 1. The Kier molecular flexibility index (Phi) is 12.7. The molecular weight excluding hydrogens is 679 g/mol. The zero-order valence-corrected chi connectivity index (χ0v) is 34.3. The minimum Gasteiger partial charge on any atom is -0.408 e. The van der Waals surface area contributed by atoms with Crippen molar-refractivity contribution >= 4 is 47.5 Å². The van der Waals surface area contributed by atoms with E-state index in [1.165, 1.54) is 0 Å². The van der Waals surface area contributed by atoms with E-state index in [1.807, 2.05) is 0 Å². The van der Waals surface area contributed by atoms with Crippen LogP contribution in [0.4, 0.5) is 0 Å². The highest BCUT2D eigenvalue weighted by molar-refractivity contribution is 14.1. The van der Waals surface area contributed by atoms with E-state index in [2.05, 4.69) is 134 Å². The number of hydrogen-bond acceptors (Lipinski definition) is 6. The molecule has 0 spiro atoms. The Bertz CT molecular complexity index is 875. The first-order valence-electron chi connectivity index (χ1n) is 15.5. The molecule has 6 nitrogen and oxygen atoms in total. The molecule has 2 aliphatic rings. The lowest BCUT2D eigenvalue weighted by Crippen LogP contribution is -2.69. The van der Waals surface area contributed by atoms with E-state index >= 15 is 0 Å². The molecule has 242 valence electrons. The number of ether oxygens (including phenoxy) is 3. The maximum absolute atomic E-state index is 7.40. The summed E-state index contributed by atoms with van der Waals surface area (Å²) in [6.45, 7) is 35.2. The van der Waals surface area contributed by atoms with Gasteiger partial charge in [0.2, 0.25) is 0 Å². The van der Waals surface area contributed by atoms with Gasteiger partial charge in [-0.3, -0.25) is 0 Å². The molecule has 0 aromatic rings. The van der Waals surface area contributed by atoms with Crippen LogP contribution in [0, 0.1) is 0 Å². The highest BCUT2D eigenvalue weighted by Crippen LogP contribution is 2.47. The quantitative estimate of drug-likeness (QED) is 0.165. The molecule has 0 saturated carbocycles. The van der Waals surface area contributed by atoms with Gasteiger partial charge in [-0.25, -0.2) is 0 Å². The maximum Gasteiger partial charge on any atom is 0.193 e. The van der Waals surface area contributed by atoms with E-state index in [-0.39, 0.29) is 57.8 Å². The van der Waals surface area contributed by atoms with Gasteiger partial charge in [0.25, 0.3) is 0 Å². The minimum atomic E-state index is -2.24. The molecule has 0 aromatic carbocycles. The second-order valence-corrected chi connectivity index (χ2v) is 31.7. The third-order valence-electron chi connectivity index (χ3n) is 10.4. The minimum absolute atomic E-state index is 0.0222. The Morgan fingerprint density at radius 2 is 1.24 bits per heavy atom. The van der Waals surface area contributed by atoms with Gasteiger partial charge in [0, 0.05) is 7.11 Å². The molecule has 1 unspecified atom stereocenters. The van der Waals surface area contributed by atoms with Gasteiger partial charge < -0.3 is 27.5 Å². The number of rotatable bonds is 10. The molecule has 0 N–H and O–H groups in total. The van der Waals surface area contributed by atoms with Gasteiger partial charge in [-0.1, -0.05) is 84.9 Å². The van der Waals surface area contributed by atoms with Gasteiger partial charge in [-0.2, -0.15) is 0 Å². The van der Waals surface area contributed by atoms with Crippen LogP contribution < -0.4 is 0 Å². The molecule has 0 bridgehead atoms. The first-order valence-corrected chi connectivity index (χ1v) is 25.5. The Hall–Kier alpha value is 0.881. The Morgan fingerprint density at radius 1 is 0.756 bits per heavy atom. The summed E-state index contributed by atoms with van der Waals surface area (Å²) in [5.41, 5.74) is 0. The predicted octanol–water partition coefficient (Wildman–Crippen LogP) is 9.07. The Morgan fingerprint density at radius 3 is 1.68 bits per heavy atom. The van der Waals surface area contributed by atoms with Gasteiger partial charge in [-0.05, 0) is 77.4 Å². The normalized spacial score (nSPS) is 30.0. The van der Waals surface area contributed by atoms with Crippen molar-refractivity contribution in [2.75, 3.05) is 13.7 Å². The number of hydrogen-bond donors (Lipinski definition) is 0. The number of methoxy groups -OCH3 is 1. The summed E-state index contributed by atoms with van der Waals surface area (Å²) in [5, 5.41) is 0.129. The summed E-state index contributed by atoms with van der Waals surface area (Å²) < 4.78 is 43.4. The smallest absolute Gasteiger partial charge is 0.193 e. The van der Waals surface area contributed by atoms with E-state index in [4.69, 9.17) is 27.5 Å². The molecule has 2 saturated heterocycles. The van der Waals surface area contributed by atoms with Crippen molar-refractivity contribution in [2.24, 2.45) is 0 Å². The Balaban J connectivity index is 2.72. The fraction of sp³-hybridized carbons (Fsp3) is 0.935. The average Bonchev–Trinajstić information content (AvgIpc) is 2.78. The lowest BCUT2D eigenvalue weighted by Gasteiger charge is -2.56. The summed E-state index contributed by atoms with van der Waals surface area (Å²) in [5.74, 6) is 0. The highest BCUT2D eigenvalue weighted by atomic mass is 127. The molecule has 0 amide bonds. The largest absolute Gasteiger partial charge is 0.408 e. The molecular formula is C31H63IO6Si3. The third-order valence-corrected chi connectivity index (χ3v) is 24.3. The molecule has 2 heterocycles. The standard InChI is InChI=1S/C31H63IO6Si3/c1-29(2,3)39(11,12)36-24(19-20-32)26-28(38-41(15,16)31(7,8)9)27(37-40(13,14)30(4,5)6)25-23(35-26)18-17-22(34-25)21-33-10/h19-20,22-28H,17-18,21H2,1-16H3/b20-19+/t22-,23?,24+,25+,26+,27+,28-/m1/s1. The van der Waals surface area contributed by atoms with Gasteiger partial charge in [0.1, 0.15) is 24.4 Å². The van der Waals surface area contributed by atoms with Gasteiger partial charge in [-0.15, -0.1) is 0 Å². The van der Waals surface area contributed by atoms with Crippen molar-refractivity contribution in [3.63, 3.8) is 0 Å². The van der Waals surface area contributed by atoms with Crippen molar-refractivity contribution in [3.05, 3.63) is 10.2 Å².